The van der Waals surface area contributed by atoms with E-state index in [1.54, 1.807) is 0 Å². The van der Waals surface area contributed by atoms with Crippen molar-refractivity contribution in [2.24, 2.45) is 0 Å². The van der Waals surface area contributed by atoms with Crippen LogP contribution in [0, 0.1) is 0 Å². The van der Waals surface area contributed by atoms with Crippen molar-refractivity contribution in [3.63, 3.8) is 0 Å². The molecule has 2 rings (SSSR count). The summed E-state index contributed by atoms with van der Waals surface area (Å²) in [6, 6.07) is 3.03. The van der Waals surface area contributed by atoms with Gasteiger partial charge in [-0.3, -0.25) is 0 Å². The predicted octanol–water partition coefficient (Wildman–Crippen LogP) is 3.93. The van der Waals surface area contributed by atoms with E-state index in [0.29, 0.717) is 0 Å². The van der Waals surface area contributed by atoms with Crippen molar-refractivity contribution in [3.8, 4) is 5.95 Å². The number of rotatable bonds is 1. The third-order valence-electron chi connectivity index (χ3n) is 2.27. The zero-order chi connectivity index (χ0) is 14.2. The number of ether oxygens (including phenoxy) is 1. The standard InChI is InChI=1S/C11H7BrF3NO3/c1-16-10(17)19-8-3-5-2-6(11(13,14)15)4-7(12)9(5)18-8/h2-4H,1H3,(H,16,17). The topological polar surface area (TPSA) is 51.5 Å². The van der Waals surface area contributed by atoms with Crippen molar-refractivity contribution >= 4 is 33.0 Å². The fraction of sp³-hybridized carbons (Fsp3) is 0.182. The van der Waals surface area contributed by atoms with Crippen LogP contribution < -0.4 is 10.1 Å². The molecule has 4 nitrogen and oxygen atoms in total. The van der Waals surface area contributed by atoms with Crippen molar-refractivity contribution in [3.05, 3.63) is 28.2 Å². The molecule has 1 N–H and O–H groups in total. The first-order chi connectivity index (χ1) is 8.81. The minimum atomic E-state index is -4.46. The van der Waals surface area contributed by atoms with Crippen molar-refractivity contribution in [1.29, 1.82) is 0 Å². The molecule has 0 atom stereocenters. The predicted molar refractivity (Wildman–Crippen MR) is 64.0 cm³/mol. The minimum Gasteiger partial charge on any atom is -0.424 e. The van der Waals surface area contributed by atoms with E-state index < -0.39 is 17.8 Å². The third-order valence-corrected chi connectivity index (χ3v) is 2.86. The summed E-state index contributed by atoms with van der Waals surface area (Å²) in [5, 5.41) is 2.38. The van der Waals surface area contributed by atoms with Gasteiger partial charge in [0.25, 0.3) is 5.95 Å². The first-order valence-corrected chi connectivity index (χ1v) is 5.80. The van der Waals surface area contributed by atoms with E-state index in [9.17, 15) is 18.0 Å². The summed E-state index contributed by atoms with van der Waals surface area (Å²) in [6.07, 6.45) is -5.23. The Morgan fingerprint density at radius 3 is 2.63 bits per heavy atom. The van der Waals surface area contributed by atoms with Crippen LogP contribution in [-0.4, -0.2) is 13.1 Å². The molecule has 1 aromatic heterocycles. The van der Waals surface area contributed by atoms with Crippen LogP contribution in [0.15, 0.2) is 27.1 Å². The number of furan rings is 1. The summed E-state index contributed by atoms with van der Waals surface area (Å²) in [4.78, 5) is 11.0. The smallest absolute Gasteiger partial charge is 0.416 e. The molecule has 0 bridgehead atoms. The molecule has 19 heavy (non-hydrogen) atoms. The van der Waals surface area contributed by atoms with Crippen LogP contribution in [0.1, 0.15) is 5.56 Å². The van der Waals surface area contributed by atoms with Gasteiger partial charge in [-0.05, 0) is 28.1 Å². The molecule has 0 unspecified atom stereocenters. The number of halogens is 4. The number of carbonyl (C=O) groups is 1. The highest BCUT2D eigenvalue weighted by molar-refractivity contribution is 9.10. The highest BCUT2D eigenvalue weighted by Gasteiger charge is 2.31. The molecular weight excluding hydrogens is 331 g/mol. The number of alkyl halides is 3. The molecule has 1 heterocycles. The van der Waals surface area contributed by atoms with Crippen molar-refractivity contribution in [2.75, 3.05) is 7.05 Å². The van der Waals surface area contributed by atoms with Crippen LogP contribution in [-0.2, 0) is 6.18 Å². The van der Waals surface area contributed by atoms with Crippen LogP contribution in [0.4, 0.5) is 18.0 Å². The van der Waals surface area contributed by atoms with Gasteiger partial charge in [-0.1, -0.05) is 0 Å². The van der Waals surface area contributed by atoms with E-state index in [2.05, 4.69) is 21.2 Å². The number of fused-ring (bicyclic) bond motifs is 1. The van der Waals surface area contributed by atoms with E-state index in [4.69, 9.17) is 9.15 Å². The van der Waals surface area contributed by atoms with Gasteiger partial charge >= 0.3 is 12.3 Å². The van der Waals surface area contributed by atoms with Gasteiger partial charge in [0.05, 0.1) is 10.0 Å². The second-order valence-electron chi connectivity index (χ2n) is 3.58. The Morgan fingerprint density at radius 1 is 1.37 bits per heavy atom. The first kappa shape index (κ1) is 13.7. The van der Waals surface area contributed by atoms with Gasteiger partial charge in [-0.25, -0.2) is 4.79 Å². The monoisotopic (exact) mass is 337 g/mol. The summed E-state index contributed by atoms with van der Waals surface area (Å²) in [5.41, 5.74) is -0.647. The number of nitrogens with one attached hydrogen (secondary N) is 1. The molecule has 8 heteroatoms. The maximum atomic E-state index is 12.6. The van der Waals surface area contributed by atoms with Crippen LogP contribution in [0.3, 0.4) is 0 Å². The lowest BCUT2D eigenvalue weighted by Gasteiger charge is -2.06. The quantitative estimate of drug-likeness (QED) is 0.857. The van der Waals surface area contributed by atoms with Crippen LogP contribution in [0.5, 0.6) is 5.95 Å². The van der Waals surface area contributed by atoms with Gasteiger partial charge in [0, 0.05) is 18.5 Å². The zero-order valence-electron chi connectivity index (χ0n) is 9.47. The SMILES string of the molecule is CNC(=O)Oc1cc2cc(C(F)(F)F)cc(Br)c2o1. The molecule has 0 spiro atoms. The molecule has 0 saturated carbocycles. The average molecular weight is 338 g/mol. The van der Waals surface area contributed by atoms with Crippen molar-refractivity contribution < 1.29 is 27.1 Å². The van der Waals surface area contributed by atoms with E-state index in [1.807, 2.05) is 0 Å². The van der Waals surface area contributed by atoms with E-state index in [0.717, 1.165) is 12.1 Å². The van der Waals surface area contributed by atoms with Gasteiger partial charge in [0.1, 0.15) is 0 Å². The maximum absolute atomic E-state index is 12.6. The Labute approximate surface area is 113 Å². The van der Waals surface area contributed by atoms with Crippen molar-refractivity contribution in [1.82, 2.24) is 5.32 Å². The van der Waals surface area contributed by atoms with Gasteiger partial charge < -0.3 is 14.5 Å². The lowest BCUT2D eigenvalue weighted by molar-refractivity contribution is -0.137. The summed E-state index contributed by atoms with van der Waals surface area (Å²) < 4.78 is 47.8. The molecule has 0 aliphatic rings. The molecule has 0 fully saturated rings. The molecule has 1 aromatic carbocycles. The fourth-order valence-corrected chi connectivity index (χ4v) is 2.00. The summed E-state index contributed by atoms with van der Waals surface area (Å²) in [7, 11) is 1.35. The summed E-state index contributed by atoms with van der Waals surface area (Å²) in [6.45, 7) is 0. The Balaban J connectivity index is 2.48. The lowest BCUT2D eigenvalue weighted by atomic mass is 10.1. The summed E-state index contributed by atoms with van der Waals surface area (Å²) >= 11 is 2.99. The van der Waals surface area contributed by atoms with Crippen LogP contribution >= 0.6 is 15.9 Å². The minimum absolute atomic E-state index is 0.129. The number of hydrogen-bond acceptors (Lipinski definition) is 3. The second kappa shape index (κ2) is 4.76. The fourth-order valence-electron chi connectivity index (χ4n) is 1.44. The Morgan fingerprint density at radius 2 is 2.05 bits per heavy atom. The largest absolute Gasteiger partial charge is 0.424 e. The molecule has 0 aliphatic heterocycles. The van der Waals surface area contributed by atoms with E-state index in [-0.39, 0.29) is 21.4 Å². The molecular formula is C11H7BrF3NO3. The molecule has 0 saturated heterocycles. The van der Waals surface area contributed by atoms with Gasteiger partial charge in [-0.2, -0.15) is 13.2 Å². The number of carbonyl (C=O) groups excluding carboxylic acids is 1. The molecule has 102 valence electrons. The zero-order valence-corrected chi connectivity index (χ0v) is 11.1. The number of hydrogen-bond donors (Lipinski definition) is 1. The molecule has 2 aromatic rings. The molecule has 1 amide bonds. The maximum Gasteiger partial charge on any atom is 0.416 e. The van der Waals surface area contributed by atoms with Crippen LogP contribution in [0.25, 0.3) is 11.0 Å². The van der Waals surface area contributed by atoms with E-state index in [1.165, 1.54) is 13.1 Å². The van der Waals surface area contributed by atoms with Gasteiger partial charge in [0.2, 0.25) is 0 Å². The number of benzene rings is 1. The Bertz CT molecular complexity index is 636. The normalized spacial score (nSPS) is 11.6. The van der Waals surface area contributed by atoms with Gasteiger partial charge in [0.15, 0.2) is 5.58 Å². The van der Waals surface area contributed by atoms with Crippen LogP contribution in [0.2, 0.25) is 0 Å². The highest BCUT2D eigenvalue weighted by atomic mass is 79.9. The first-order valence-electron chi connectivity index (χ1n) is 5.01. The highest BCUT2D eigenvalue weighted by Crippen LogP contribution is 2.37. The molecule has 0 radical (unpaired) electrons. The average Bonchev–Trinajstić information content (AvgIpc) is 2.70. The number of amides is 1. The second-order valence-corrected chi connectivity index (χ2v) is 4.43. The third kappa shape index (κ3) is 2.83. The van der Waals surface area contributed by atoms with Gasteiger partial charge in [-0.15, -0.1) is 0 Å². The van der Waals surface area contributed by atoms with E-state index >= 15 is 0 Å². The molecule has 0 aliphatic carbocycles. The van der Waals surface area contributed by atoms with Crippen molar-refractivity contribution in [2.45, 2.75) is 6.18 Å². The Hall–Kier alpha value is -1.70. The lowest BCUT2D eigenvalue weighted by Crippen LogP contribution is -2.21. The Kier molecular flexibility index (Phi) is 3.44. The summed E-state index contributed by atoms with van der Waals surface area (Å²) in [5.74, 6) is -0.186.